The first-order valence-electron chi connectivity index (χ1n) is 4.67. The van der Waals surface area contributed by atoms with Gasteiger partial charge in [-0.2, -0.15) is 0 Å². The molecule has 5 heteroatoms. The Labute approximate surface area is 92.5 Å². The number of carbonyl (C=O) groups excluding carboxylic acids is 1. The van der Waals surface area contributed by atoms with Crippen molar-refractivity contribution in [2.45, 2.75) is 6.42 Å². The summed E-state index contributed by atoms with van der Waals surface area (Å²) in [5.41, 5.74) is 0.248. The Morgan fingerprint density at radius 1 is 1.44 bits per heavy atom. The van der Waals surface area contributed by atoms with Crippen LogP contribution in [0.3, 0.4) is 0 Å². The van der Waals surface area contributed by atoms with Crippen molar-refractivity contribution in [3.63, 3.8) is 0 Å². The van der Waals surface area contributed by atoms with Crippen molar-refractivity contribution in [3.05, 3.63) is 52.6 Å². The highest BCUT2D eigenvalue weighted by molar-refractivity contribution is 5.89. The molecule has 1 aromatic carbocycles. The topological polar surface area (TPSA) is 69.4 Å². The zero-order valence-corrected chi connectivity index (χ0v) is 8.59. The molecule has 0 saturated carbocycles. The van der Waals surface area contributed by atoms with E-state index < -0.39 is 10.9 Å². The monoisotopic (exact) mass is 221 g/mol. The molecular formula is C11H11NO4. The molecule has 1 aromatic rings. The number of benzene rings is 1. The quantitative estimate of drug-likeness (QED) is 0.251. The number of nitro groups is 1. The zero-order chi connectivity index (χ0) is 12.0. The molecule has 0 heterocycles. The Kier molecular flexibility index (Phi) is 4.20. The number of non-ortho nitro benzene ring substituents is 1. The second-order valence-corrected chi connectivity index (χ2v) is 3.02. The van der Waals surface area contributed by atoms with Crippen molar-refractivity contribution < 1.29 is 14.5 Å². The van der Waals surface area contributed by atoms with Gasteiger partial charge in [-0.05, 0) is 18.6 Å². The van der Waals surface area contributed by atoms with Gasteiger partial charge in [0.05, 0.1) is 17.1 Å². The van der Waals surface area contributed by atoms with Gasteiger partial charge in [0.15, 0.2) is 0 Å². The van der Waals surface area contributed by atoms with Crippen LogP contribution in [-0.2, 0) is 4.74 Å². The van der Waals surface area contributed by atoms with E-state index in [1.807, 2.05) is 0 Å². The van der Waals surface area contributed by atoms with Crippen LogP contribution in [0.5, 0.6) is 0 Å². The molecule has 0 amide bonds. The van der Waals surface area contributed by atoms with Crippen LogP contribution in [0.25, 0.3) is 0 Å². The smallest absolute Gasteiger partial charge is 0.338 e. The summed E-state index contributed by atoms with van der Waals surface area (Å²) in [6.07, 6.45) is 2.22. The van der Waals surface area contributed by atoms with Gasteiger partial charge in [-0.25, -0.2) is 4.79 Å². The van der Waals surface area contributed by atoms with Crippen LogP contribution in [0.15, 0.2) is 36.9 Å². The Morgan fingerprint density at radius 2 is 2.06 bits per heavy atom. The normalized spacial score (nSPS) is 9.50. The average molecular weight is 221 g/mol. The van der Waals surface area contributed by atoms with Gasteiger partial charge < -0.3 is 4.74 Å². The van der Waals surface area contributed by atoms with Crippen molar-refractivity contribution in [3.8, 4) is 0 Å². The molecule has 0 N–H and O–H groups in total. The summed E-state index contributed by atoms with van der Waals surface area (Å²) in [5.74, 6) is -0.489. The maximum atomic E-state index is 11.4. The number of rotatable bonds is 5. The Balaban J connectivity index is 2.63. The number of nitrogens with zero attached hydrogens (tertiary/aromatic N) is 1. The lowest BCUT2D eigenvalue weighted by molar-refractivity contribution is -0.384. The molecular weight excluding hydrogens is 210 g/mol. The van der Waals surface area contributed by atoms with E-state index in [9.17, 15) is 14.9 Å². The van der Waals surface area contributed by atoms with Gasteiger partial charge in [-0.15, -0.1) is 6.58 Å². The van der Waals surface area contributed by atoms with Crippen LogP contribution in [0.1, 0.15) is 16.8 Å². The molecule has 0 unspecified atom stereocenters. The van der Waals surface area contributed by atoms with Crippen LogP contribution in [-0.4, -0.2) is 17.5 Å². The Morgan fingerprint density at radius 3 is 2.56 bits per heavy atom. The largest absolute Gasteiger partial charge is 0.462 e. The molecule has 0 aliphatic carbocycles. The van der Waals surface area contributed by atoms with Crippen LogP contribution >= 0.6 is 0 Å². The van der Waals surface area contributed by atoms with Gasteiger partial charge in [0.2, 0.25) is 0 Å². The number of carbonyl (C=O) groups is 1. The van der Waals surface area contributed by atoms with Gasteiger partial charge in [-0.3, -0.25) is 10.1 Å². The predicted molar refractivity (Wildman–Crippen MR) is 58.2 cm³/mol. The molecule has 0 aromatic heterocycles. The molecule has 0 aliphatic rings. The molecule has 0 saturated heterocycles. The highest BCUT2D eigenvalue weighted by Gasteiger charge is 2.09. The summed E-state index contributed by atoms with van der Waals surface area (Å²) in [5, 5.41) is 10.4. The lowest BCUT2D eigenvalue weighted by Crippen LogP contribution is -2.05. The minimum absolute atomic E-state index is 0.0531. The molecule has 1 rings (SSSR count). The fourth-order valence-corrected chi connectivity index (χ4v) is 1.04. The molecule has 0 spiro atoms. The van der Waals surface area contributed by atoms with Gasteiger partial charge in [0.1, 0.15) is 0 Å². The van der Waals surface area contributed by atoms with E-state index >= 15 is 0 Å². The average Bonchev–Trinajstić information content (AvgIpc) is 2.29. The van der Waals surface area contributed by atoms with Crippen LogP contribution < -0.4 is 0 Å². The van der Waals surface area contributed by atoms with E-state index in [2.05, 4.69) is 6.58 Å². The first kappa shape index (κ1) is 11.9. The summed E-state index contributed by atoms with van der Waals surface area (Å²) in [7, 11) is 0. The molecule has 0 radical (unpaired) electrons. The molecule has 16 heavy (non-hydrogen) atoms. The number of ether oxygens (including phenoxy) is 1. The second kappa shape index (κ2) is 5.65. The minimum atomic E-state index is -0.521. The third-order valence-corrected chi connectivity index (χ3v) is 1.87. The van der Waals surface area contributed by atoms with E-state index in [-0.39, 0.29) is 12.3 Å². The van der Waals surface area contributed by atoms with Crippen molar-refractivity contribution in [1.29, 1.82) is 0 Å². The molecule has 5 nitrogen and oxygen atoms in total. The van der Waals surface area contributed by atoms with E-state index in [4.69, 9.17) is 4.74 Å². The second-order valence-electron chi connectivity index (χ2n) is 3.02. The van der Waals surface area contributed by atoms with Gasteiger partial charge >= 0.3 is 5.97 Å². The summed E-state index contributed by atoms with van der Waals surface area (Å²) in [6.45, 7) is 3.76. The van der Waals surface area contributed by atoms with Gasteiger partial charge in [0.25, 0.3) is 5.69 Å². The number of nitro benzene ring substituents is 1. The lowest BCUT2D eigenvalue weighted by atomic mass is 10.2. The maximum Gasteiger partial charge on any atom is 0.338 e. The number of esters is 1. The summed E-state index contributed by atoms with van der Waals surface area (Å²) >= 11 is 0. The molecule has 0 bridgehead atoms. The molecule has 0 atom stereocenters. The van der Waals surface area contributed by atoms with Crippen molar-refractivity contribution >= 4 is 11.7 Å². The number of hydrogen-bond donors (Lipinski definition) is 0. The standard InChI is InChI=1S/C11H11NO4/c1-2-3-8-16-11(13)9-4-6-10(7-5-9)12(14)15/h2,4-7H,1,3,8H2. The first-order valence-corrected chi connectivity index (χ1v) is 4.67. The molecule has 0 fully saturated rings. The van der Waals surface area contributed by atoms with Crippen molar-refractivity contribution in [2.75, 3.05) is 6.61 Å². The highest BCUT2D eigenvalue weighted by Crippen LogP contribution is 2.12. The molecule has 0 aliphatic heterocycles. The Hall–Kier alpha value is -2.17. The van der Waals surface area contributed by atoms with E-state index in [0.717, 1.165) is 0 Å². The van der Waals surface area contributed by atoms with Gasteiger partial charge in [-0.1, -0.05) is 6.08 Å². The summed E-state index contributed by atoms with van der Waals surface area (Å²) in [6, 6.07) is 5.27. The molecule has 84 valence electrons. The van der Waals surface area contributed by atoms with Crippen molar-refractivity contribution in [1.82, 2.24) is 0 Å². The third-order valence-electron chi connectivity index (χ3n) is 1.87. The lowest BCUT2D eigenvalue weighted by Gasteiger charge is -2.02. The van der Waals surface area contributed by atoms with E-state index in [1.165, 1.54) is 24.3 Å². The van der Waals surface area contributed by atoms with Gasteiger partial charge in [0, 0.05) is 12.1 Å². The van der Waals surface area contributed by atoms with E-state index in [0.29, 0.717) is 12.0 Å². The fraction of sp³-hybridized carbons (Fsp3) is 0.182. The predicted octanol–water partition coefficient (Wildman–Crippen LogP) is 2.33. The van der Waals surface area contributed by atoms with E-state index in [1.54, 1.807) is 6.08 Å². The van der Waals surface area contributed by atoms with Crippen molar-refractivity contribution in [2.24, 2.45) is 0 Å². The zero-order valence-electron chi connectivity index (χ0n) is 8.59. The van der Waals surface area contributed by atoms with Crippen LogP contribution in [0, 0.1) is 10.1 Å². The SMILES string of the molecule is C=CCCOC(=O)c1ccc([N+](=O)[O-])cc1. The van der Waals surface area contributed by atoms with Crippen LogP contribution in [0.2, 0.25) is 0 Å². The summed E-state index contributed by atoms with van der Waals surface area (Å²) < 4.78 is 4.89. The minimum Gasteiger partial charge on any atom is -0.462 e. The highest BCUT2D eigenvalue weighted by atomic mass is 16.6. The third kappa shape index (κ3) is 3.20. The number of hydrogen-bond acceptors (Lipinski definition) is 4. The van der Waals surface area contributed by atoms with Crippen LogP contribution in [0.4, 0.5) is 5.69 Å². The Bertz CT molecular complexity index is 397. The summed E-state index contributed by atoms with van der Waals surface area (Å²) in [4.78, 5) is 21.2. The maximum absolute atomic E-state index is 11.4. The first-order chi connectivity index (χ1) is 7.65. The fourth-order valence-electron chi connectivity index (χ4n) is 1.04.